The van der Waals surface area contributed by atoms with Crippen LogP contribution in [0, 0.1) is 35.4 Å². The summed E-state index contributed by atoms with van der Waals surface area (Å²) in [4.78, 5) is 0. The highest BCUT2D eigenvalue weighted by Crippen LogP contribution is 2.48. The van der Waals surface area contributed by atoms with Crippen molar-refractivity contribution in [3.63, 3.8) is 0 Å². The second kappa shape index (κ2) is 10.8. The zero-order valence-corrected chi connectivity index (χ0v) is 19.7. The van der Waals surface area contributed by atoms with Crippen molar-refractivity contribution in [1.82, 2.24) is 0 Å². The molecule has 2 saturated carbocycles. The first-order valence-corrected chi connectivity index (χ1v) is 12.4. The number of hydrogen-bond donors (Lipinski definition) is 0. The van der Waals surface area contributed by atoms with Crippen molar-refractivity contribution in [2.75, 3.05) is 0 Å². The fourth-order valence-corrected chi connectivity index (χ4v) is 5.86. The monoisotopic (exact) mass is 468 g/mol. The summed E-state index contributed by atoms with van der Waals surface area (Å²) in [5.74, 6) is 7.63. The normalized spacial score (nSPS) is 25.0. The molecule has 2 aliphatic carbocycles. The van der Waals surface area contributed by atoms with Gasteiger partial charge in [0.05, 0.1) is 5.56 Å². The molecule has 2 aliphatic rings. The summed E-state index contributed by atoms with van der Waals surface area (Å²) in [7, 11) is 0. The molecule has 0 aromatic heterocycles. The number of benzene rings is 2. The maximum atomic E-state index is 13.7. The van der Waals surface area contributed by atoms with Gasteiger partial charge in [0.15, 0.2) is 0 Å². The second-order valence-electron chi connectivity index (χ2n) is 9.92. The van der Waals surface area contributed by atoms with Crippen LogP contribution in [0.15, 0.2) is 54.6 Å². The van der Waals surface area contributed by atoms with Gasteiger partial charge >= 0.3 is 6.18 Å². The van der Waals surface area contributed by atoms with Crippen LogP contribution in [-0.2, 0) is 6.18 Å². The molecule has 2 aromatic rings. The van der Waals surface area contributed by atoms with Crippen LogP contribution >= 0.6 is 0 Å². The van der Waals surface area contributed by atoms with Gasteiger partial charge in [-0.05, 0) is 111 Å². The lowest BCUT2D eigenvalue weighted by Crippen LogP contribution is -2.30. The van der Waals surface area contributed by atoms with E-state index in [0.29, 0.717) is 5.92 Å². The average molecular weight is 469 g/mol. The Labute approximate surface area is 200 Å². The Morgan fingerprint density at radius 2 is 1.56 bits per heavy atom. The summed E-state index contributed by atoms with van der Waals surface area (Å²) in [6, 6.07) is 11.0. The molecule has 0 spiro atoms. The van der Waals surface area contributed by atoms with Crippen molar-refractivity contribution in [1.29, 1.82) is 0 Å². The molecule has 0 nitrogen and oxygen atoms in total. The van der Waals surface area contributed by atoms with Crippen LogP contribution in [0.1, 0.15) is 86.5 Å². The summed E-state index contributed by atoms with van der Waals surface area (Å²) in [6.45, 7) is 2.09. The van der Waals surface area contributed by atoms with E-state index in [1.807, 2.05) is 12.1 Å². The fraction of sp³-hybridized carbons (Fsp3) is 0.467. The number of rotatable bonds is 4. The van der Waals surface area contributed by atoms with Crippen molar-refractivity contribution >= 4 is 0 Å². The number of fused-ring (bicyclic) bond motifs is 1. The minimum absolute atomic E-state index is 0.231. The molecule has 4 heteroatoms. The van der Waals surface area contributed by atoms with Gasteiger partial charge in [-0.1, -0.05) is 42.5 Å². The molecule has 4 atom stereocenters. The summed E-state index contributed by atoms with van der Waals surface area (Å²) >= 11 is 0. The van der Waals surface area contributed by atoms with Gasteiger partial charge in [0.2, 0.25) is 0 Å². The van der Waals surface area contributed by atoms with Crippen LogP contribution in [0.25, 0.3) is 0 Å². The third kappa shape index (κ3) is 6.12. The van der Waals surface area contributed by atoms with Gasteiger partial charge in [-0.3, -0.25) is 0 Å². The van der Waals surface area contributed by atoms with Gasteiger partial charge in [-0.15, -0.1) is 0 Å². The predicted octanol–water partition coefficient (Wildman–Crippen LogP) is 8.90. The topological polar surface area (TPSA) is 0 Å². The van der Waals surface area contributed by atoms with Crippen molar-refractivity contribution in [3.8, 4) is 11.8 Å². The van der Waals surface area contributed by atoms with E-state index in [2.05, 4.69) is 43.0 Å². The first-order chi connectivity index (χ1) is 16.3. The number of hydrogen-bond acceptors (Lipinski definition) is 0. The number of halogens is 4. The van der Waals surface area contributed by atoms with E-state index in [9.17, 15) is 17.6 Å². The lowest BCUT2D eigenvalue weighted by atomic mass is 9.63. The van der Waals surface area contributed by atoms with Gasteiger partial charge in [-0.25, -0.2) is 4.39 Å². The molecular formula is C30H32F4. The quantitative estimate of drug-likeness (QED) is 0.239. The Hall–Kier alpha value is -2.54. The van der Waals surface area contributed by atoms with E-state index < -0.39 is 17.6 Å². The van der Waals surface area contributed by atoms with Crippen LogP contribution in [0.3, 0.4) is 0 Å². The maximum Gasteiger partial charge on any atom is 0.419 e. The Balaban J connectivity index is 1.34. The number of alkyl halides is 3. The van der Waals surface area contributed by atoms with Gasteiger partial charge < -0.3 is 0 Å². The number of allylic oxidation sites excluding steroid dienone is 2. The Bertz CT molecular complexity index is 1050. The average Bonchev–Trinajstić information content (AvgIpc) is 2.82. The molecule has 2 aromatic carbocycles. The lowest BCUT2D eigenvalue weighted by Gasteiger charge is -2.42. The molecule has 0 bridgehead atoms. The zero-order valence-electron chi connectivity index (χ0n) is 19.7. The highest BCUT2D eigenvalue weighted by Gasteiger charge is 2.36. The molecule has 4 unspecified atom stereocenters. The van der Waals surface area contributed by atoms with Crippen LogP contribution in [-0.4, -0.2) is 0 Å². The second-order valence-corrected chi connectivity index (χ2v) is 9.92. The van der Waals surface area contributed by atoms with Crippen molar-refractivity contribution in [3.05, 3.63) is 82.7 Å². The highest BCUT2D eigenvalue weighted by molar-refractivity contribution is 5.45. The van der Waals surface area contributed by atoms with Crippen LogP contribution in [0.4, 0.5) is 17.6 Å². The van der Waals surface area contributed by atoms with Crippen molar-refractivity contribution in [2.24, 2.45) is 17.8 Å². The first-order valence-electron chi connectivity index (χ1n) is 12.4. The van der Waals surface area contributed by atoms with Gasteiger partial charge in [0.1, 0.15) is 5.82 Å². The fourth-order valence-electron chi connectivity index (χ4n) is 5.86. The van der Waals surface area contributed by atoms with Crippen LogP contribution < -0.4 is 0 Å². The SMILES string of the molecule is C/C=C/CCC1CCC2CC(c3ccc(C#Cc4ccc(C(F)(F)F)c(F)c4)cc3)CCC2C1. The summed E-state index contributed by atoms with van der Waals surface area (Å²) in [5, 5.41) is 0. The van der Waals surface area contributed by atoms with Crippen molar-refractivity contribution in [2.45, 2.75) is 70.4 Å². The maximum absolute atomic E-state index is 13.7. The van der Waals surface area contributed by atoms with E-state index in [0.717, 1.165) is 35.4 Å². The van der Waals surface area contributed by atoms with Gasteiger partial charge in [0.25, 0.3) is 0 Å². The van der Waals surface area contributed by atoms with Crippen LogP contribution in [0.5, 0.6) is 0 Å². The third-order valence-corrected chi connectivity index (χ3v) is 7.71. The largest absolute Gasteiger partial charge is 0.419 e. The molecule has 4 rings (SSSR count). The Morgan fingerprint density at radius 3 is 2.26 bits per heavy atom. The summed E-state index contributed by atoms with van der Waals surface area (Å²) in [6.07, 6.45) is 10.2. The molecular weight excluding hydrogens is 436 g/mol. The van der Waals surface area contributed by atoms with Crippen LogP contribution in [0.2, 0.25) is 0 Å². The molecule has 0 heterocycles. The van der Waals surface area contributed by atoms with Gasteiger partial charge in [0, 0.05) is 11.1 Å². The highest BCUT2D eigenvalue weighted by atomic mass is 19.4. The molecule has 0 amide bonds. The standard InChI is InChI=1S/C30H32F4/c1-2-3-4-5-22-10-14-27-20-26(16-15-25(27)18-22)24-12-8-21(9-13-24)6-7-23-11-17-28(29(31)19-23)30(32,33)34/h2-3,8-9,11-13,17,19,22,25-27H,4-5,10,14-16,18,20H2,1H3/b3-2+. The minimum Gasteiger partial charge on any atom is -0.206 e. The molecule has 0 saturated heterocycles. The molecule has 0 N–H and O–H groups in total. The van der Waals surface area contributed by atoms with E-state index in [1.54, 1.807) is 0 Å². The minimum atomic E-state index is -4.70. The molecule has 0 aliphatic heterocycles. The lowest BCUT2D eigenvalue weighted by molar-refractivity contribution is -0.140. The smallest absolute Gasteiger partial charge is 0.206 e. The third-order valence-electron chi connectivity index (χ3n) is 7.71. The van der Waals surface area contributed by atoms with E-state index in [4.69, 9.17) is 0 Å². The zero-order chi connectivity index (χ0) is 24.1. The van der Waals surface area contributed by atoms with E-state index in [1.165, 1.54) is 63.0 Å². The Morgan fingerprint density at radius 1 is 0.882 bits per heavy atom. The predicted molar refractivity (Wildman–Crippen MR) is 129 cm³/mol. The van der Waals surface area contributed by atoms with Crippen molar-refractivity contribution < 1.29 is 17.6 Å². The van der Waals surface area contributed by atoms with E-state index >= 15 is 0 Å². The molecule has 0 radical (unpaired) electrons. The summed E-state index contributed by atoms with van der Waals surface area (Å²) < 4.78 is 51.9. The molecule has 2 fully saturated rings. The first kappa shape index (κ1) is 24.6. The summed E-state index contributed by atoms with van der Waals surface area (Å²) in [5.41, 5.74) is 1.09. The van der Waals surface area contributed by atoms with E-state index in [-0.39, 0.29) is 5.56 Å². The van der Waals surface area contributed by atoms with Gasteiger partial charge in [-0.2, -0.15) is 13.2 Å². The molecule has 34 heavy (non-hydrogen) atoms. The Kier molecular flexibility index (Phi) is 7.81. The molecule has 180 valence electrons.